The molecule has 0 aromatic heterocycles. The van der Waals surface area contributed by atoms with Crippen molar-refractivity contribution in [2.75, 3.05) is 0 Å². The van der Waals surface area contributed by atoms with Gasteiger partial charge in [0.15, 0.2) is 0 Å². The van der Waals surface area contributed by atoms with Gasteiger partial charge in [-0.25, -0.2) is 0 Å². The van der Waals surface area contributed by atoms with Gasteiger partial charge >= 0.3 is 0 Å². The summed E-state index contributed by atoms with van der Waals surface area (Å²) in [5.74, 6) is 2.34. The molecule has 21 heavy (non-hydrogen) atoms. The Bertz CT molecular complexity index is 378. The van der Waals surface area contributed by atoms with Gasteiger partial charge in [-0.05, 0) is 35.2 Å². The van der Waals surface area contributed by atoms with Crippen molar-refractivity contribution in [1.82, 2.24) is 0 Å². The van der Waals surface area contributed by atoms with E-state index in [4.69, 9.17) is 0 Å². The van der Waals surface area contributed by atoms with Crippen LogP contribution in [-0.4, -0.2) is 0 Å². The van der Waals surface area contributed by atoms with Gasteiger partial charge in [-0.15, -0.1) is 0 Å². The van der Waals surface area contributed by atoms with Crippen LogP contribution in [0, 0.1) is 17.8 Å². The number of rotatable bonds is 9. The molecule has 0 bridgehead atoms. The van der Waals surface area contributed by atoms with Crippen LogP contribution in [0.1, 0.15) is 79.2 Å². The maximum atomic E-state index is 2.51. The molecule has 0 fully saturated rings. The zero-order valence-electron chi connectivity index (χ0n) is 15.2. The summed E-state index contributed by atoms with van der Waals surface area (Å²) < 4.78 is 0. The molecule has 1 aromatic carbocycles. The first-order valence-electron chi connectivity index (χ1n) is 9.02. The van der Waals surface area contributed by atoms with Crippen molar-refractivity contribution < 1.29 is 0 Å². The van der Waals surface area contributed by atoms with Crippen LogP contribution in [0.5, 0.6) is 0 Å². The normalized spacial score (nSPS) is 17.5. The Morgan fingerprint density at radius 2 is 1.52 bits per heavy atom. The second-order valence-electron chi connectivity index (χ2n) is 7.39. The maximum absolute atomic E-state index is 2.51. The van der Waals surface area contributed by atoms with E-state index in [1.165, 1.54) is 37.7 Å². The number of hydrogen-bond acceptors (Lipinski definition) is 0. The lowest BCUT2D eigenvalue weighted by atomic mass is 9.61. The van der Waals surface area contributed by atoms with E-state index in [1.54, 1.807) is 0 Å². The van der Waals surface area contributed by atoms with E-state index < -0.39 is 0 Å². The van der Waals surface area contributed by atoms with Crippen LogP contribution < -0.4 is 0 Å². The summed E-state index contributed by atoms with van der Waals surface area (Å²) in [6, 6.07) is 11.2. The molecule has 120 valence electrons. The smallest absolute Gasteiger partial charge is 0.00216 e. The van der Waals surface area contributed by atoms with Crippen LogP contribution in [0.2, 0.25) is 0 Å². The predicted molar refractivity (Wildman–Crippen MR) is 95.7 cm³/mol. The highest BCUT2D eigenvalue weighted by atomic mass is 14.4. The summed E-state index contributed by atoms with van der Waals surface area (Å²) in [5, 5.41) is 0. The van der Waals surface area contributed by atoms with Crippen molar-refractivity contribution >= 4 is 0 Å². The molecule has 1 aromatic rings. The van der Waals surface area contributed by atoms with Crippen LogP contribution in [0.3, 0.4) is 0 Å². The number of hydrogen-bond donors (Lipinski definition) is 0. The van der Waals surface area contributed by atoms with Crippen LogP contribution in [0.25, 0.3) is 0 Å². The first kappa shape index (κ1) is 18.3. The van der Waals surface area contributed by atoms with Gasteiger partial charge in [0.25, 0.3) is 0 Å². The van der Waals surface area contributed by atoms with Crippen LogP contribution >= 0.6 is 0 Å². The fraction of sp³-hybridized carbons (Fsp3) is 0.714. The van der Waals surface area contributed by atoms with E-state index in [1.807, 2.05) is 0 Å². The fourth-order valence-corrected chi connectivity index (χ4v) is 3.84. The van der Waals surface area contributed by atoms with E-state index in [-0.39, 0.29) is 0 Å². The highest BCUT2D eigenvalue weighted by molar-refractivity contribution is 5.26. The second-order valence-corrected chi connectivity index (χ2v) is 7.39. The predicted octanol–water partition coefficient (Wildman–Crippen LogP) is 6.84. The molecule has 0 amide bonds. The molecular formula is C21H36. The zero-order chi connectivity index (χ0) is 15.9. The summed E-state index contributed by atoms with van der Waals surface area (Å²) in [7, 11) is 0. The first-order chi connectivity index (χ1) is 9.96. The lowest BCUT2D eigenvalue weighted by Gasteiger charge is -2.43. The minimum atomic E-state index is 0.307. The van der Waals surface area contributed by atoms with Gasteiger partial charge in [-0.3, -0.25) is 0 Å². The summed E-state index contributed by atoms with van der Waals surface area (Å²) in [5.41, 5.74) is 1.85. The molecular weight excluding hydrogens is 252 g/mol. The molecule has 0 aliphatic heterocycles. The Hall–Kier alpha value is -0.780. The molecule has 0 saturated heterocycles. The molecule has 3 atom stereocenters. The molecule has 0 saturated carbocycles. The quantitative estimate of drug-likeness (QED) is 0.466. The monoisotopic (exact) mass is 288 g/mol. The second kappa shape index (κ2) is 8.61. The van der Waals surface area contributed by atoms with Gasteiger partial charge < -0.3 is 0 Å². The lowest BCUT2D eigenvalue weighted by molar-refractivity contribution is 0.174. The van der Waals surface area contributed by atoms with Crippen molar-refractivity contribution in [2.45, 2.75) is 79.1 Å². The molecule has 0 heteroatoms. The largest absolute Gasteiger partial charge is 0.0651 e. The maximum Gasteiger partial charge on any atom is -0.00216 e. The highest BCUT2D eigenvalue weighted by Crippen LogP contribution is 2.44. The molecule has 0 nitrogen and oxygen atoms in total. The summed E-state index contributed by atoms with van der Waals surface area (Å²) in [6.07, 6.45) is 6.64. The third-order valence-electron chi connectivity index (χ3n) is 5.71. The fourth-order valence-electron chi connectivity index (χ4n) is 3.84. The third kappa shape index (κ3) is 4.59. The molecule has 0 N–H and O–H groups in total. The minimum absolute atomic E-state index is 0.307. The van der Waals surface area contributed by atoms with Gasteiger partial charge in [0, 0.05) is 0 Å². The average molecular weight is 289 g/mol. The Morgan fingerprint density at radius 1 is 0.905 bits per heavy atom. The van der Waals surface area contributed by atoms with Crippen LogP contribution in [-0.2, 0) is 5.41 Å². The Balaban J connectivity index is 2.99. The van der Waals surface area contributed by atoms with Crippen molar-refractivity contribution in [1.29, 1.82) is 0 Å². The Labute approximate surface area is 133 Å². The van der Waals surface area contributed by atoms with Gasteiger partial charge in [0.05, 0.1) is 0 Å². The van der Waals surface area contributed by atoms with Gasteiger partial charge in [0.2, 0.25) is 0 Å². The van der Waals surface area contributed by atoms with E-state index in [0.29, 0.717) is 5.41 Å². The average Bonchev–Trinajstić information content (AvgIpc) is 2.50. The Kier molecular flexibility index (Phi) is 7.49. The molecule has 0 aliphatic carbocycles. The summed E-state index contributed by atoms with van der Waals surface area (Å²) in [6.45, 7) is 14.4. The van der Waals surface area contributed by atoms with E-state index in [0.717, 1.165) is 17.8 Å². The minimum Gasteiger partial charge on any atom is -0.0651 e. The van der Waals surface area contributed by atoms with Crippen molar-refractivity contribution in [3.8, 4) is 0 Å². The summed E-state index contributed by atoms with van der Waals surface area (Å²) >= 11 is 0. The molecule has 0 spiro atoms. The molecule has 3 unspecified atom stereocenters. The van der Waals surface area contributed by atoms with E-state index in [2.05, 4.69) is 71.9 Å². The number of benzene rings is 1. The van der Waals surface area contributed by atoms with Crippen molar-refractivity contribution in [3.05, 3.63) is 35.9 Å². The standard InChI is InChI=1S/C21H36/c1-7-18(5)21(6,20-14-10-9-11-15-20)19(8-2)16-12-13-17(3)4/h9-11,14-15,17-19H,7-8,12-13,16H2,1-6H3. The van der Waals surface area contributed by atoms with Gasteiger partial charge in [0.1, 0.15) is 0 Å². The van der Waals surface area contributed by atoms with Gasteiger partial charge in [-0.1, -0.05) is 97.6 Å². The first-order valence-corrected chi connectivity index (χ1v) is 9.02. The van der Waals surface area contributed by atoms with Gasteiger partial charge in [-0.2, -0.15) is 0 Å². The third-order valence-corrected chi connectivity index (χ3v) is 5.71. The van der Waals surface area contributed by atoms with E-state index in [9.17, 15) is 0 Å². The molecule has 0 aliphatic rings. The Morgan fingerprint density at radius 3 is 2.00 bits per heavy atom. The molecule has 0 radical (unpaired) electrons. The van der Waals surface area contributed by atoms with Crippen LogP contribution in [0.15, 0.2) is 30.3 Å². The topological polar surface area (TPSA) is 0 Å². The van der Waals surface area contributed by atoms with E-state index >= 15 is 0 Å². The highest BCUT2D eigenvalue weighted by Gasteiger charge is 2.38. The lowest BCUT2D eigenvalue weighted by Crippen LogP contribution is -2.38. The SMILES string of the molecule is CCC(C)C(C)(c1ccccc1)C(CC)CCCC(C)C. The van der Waals surface area contributed by atoms with Crippen LogP contribution in [0.4, 0.5) is 0 Å². The molecule has 1 rings (SSSR count). The molecule has 0 heterocycles. The van der Waals surface area contributed by atoms with Crippen molar-refractivity contribution in [3.63, 3.8) is 0 Å². The van der Waals surface area contributed by atoms with Crippen molar-refractivity contribution in [2.24, 2.45) is 17.8 Å². The summed E-state index contributed by atoms with van der Waals surface area (Å²) in [4.78, 5) is 0. The zero-order valence-corrected chi connectivity index (χ0v) is 15.2.